The Hall–Kier alpha value is -4.95. The molecular formula is C32H23N5. The Bertz CT molecular complexity index is 1840. The second-order valence-corrected chi connectivity index (χ2v) is 9.89. The van der Waals surface area contributed by atoms with Crippen molar-refractivity contribution in [2.75, 3.05) is 4.90 Å². The monoisotopic (exact) mass is 477 g/mol. The Morgan fingerprint density at radius 1 is 0.730 bits per heavy atom. The maximum Gasteiger partial charge on any atom is 0.188 e. The highest BCUT2D eigenvalue weighted by Gasteiger charge is 2.36. The van der Waals surface area contributed by atoms with Gasteiger partial charge in [-0.15, -0.1) is 0 Å². The van der Waals surface area contributed by atoms with Gasteiger partial charge in [0.1, 0.15) is 11.6 Å². The second kappa shape index (κ2) is 7.78. The van der Waals surface area contributed by atoms with Crippen molar-refractivity contribution in [3.05, 3.63) is 126 Å². The summed E-state index contributed by atoms with van der Waals surface area (Å²) >= 11 is 0. The molecule has 7 rings (SSSR count). The van der Waals surface area contributed by atoms with Gasteiger partial charge < -0.3 is 0 Å². The summed E-state index contributed by atoms with van der Waals surface area (Å²) in [6, 6.07) is 31.2. The van der Waals surface area contributed by atoms with Gasteiger partial charge in [-0.2, -0.15) is 0 Å². The molecule has 0 saturated carbocycles. The normalized spacial score (nSPS) is 13.8. The van der Waals surface area contributed by atoms with Crippen molar-refractivity contribution < 1.29 is 0 Å². The van der Waals surface area contributed by atoms with E-state index in [1.165, 1.54) is 11.1 Å². The number of fused-ring (bicyclic) bond motifs is 5. The number of aromatic nitrogens is 3. The number of hydrogen-bond acceptors (Lipinski definition) is 3. The molecule has 0 aliphatic carbocycles. The molecule has 0 unspecified atom stereocenters. The van der Waals surface area contributed by atoms with E-state index in [-0.39, 0.29) is 5.41 Å². The van der Waals surface area contributed by atoms with E-state index in [1.54, 1.807) is 6.20 Å². The van der Waals surface area contributed by atoms with E-state index in [1.807, 2.05) is 36.5 Å². The minimum absolute atomic E-state index is 0.123. The zero-order valence-electron chi connectivity index (χ0n) is 20.6. The quantitative estimate of drug-likeness (QED) is 0.236. The molecule has 0 atom stereocenters. The van der Waals surface area contributed by atoms with Gasteiger partial charge >= 0.3 is 0 Å². The van der Waals surface area contributed by atoms with Gasteiger partial charge in [-0.25, -0.2) is 9.83 Å². The van der Waals surface area contributed by atoms with E-state index in [4.69, 9.17) is 11.6 Å². The van der Waals surface area contributed by atoms with Crippen molar-refractivity contribution in [1.29, 1.82) is 0 Å². The van der Waals surface area contributed by atoms with Crippen LogP contribution in [0.25, 0.3) is 32.5 Å². The van der Waals surface area contributed by atoms with Gasteiger partial charge in [-0.05, 0) is 59.0 Å². The summed E-state index contributed by atoms with van der Waals surface area (Å²) in [5, 5.41) is 2.00. The molecule has 0 amide bonds. The zero-order chi connectivity index (χ0) is 25.1. The second-order valence-electron chi connectivity index (χ2n) is 9.89. The summed E-state index contributed by atoms with van der Waals surface area (Å²) in [6.07, 6.45) is 3.67. The number of rotatable bonds is 2. The van der Waals surface area contributed by atoms with Crippen LogP contribution in [0.15, 0.2) is 103 Å². The smallest absolute Gasteiger partial charge is 0.188 e. The number of para-hydroxylation sites is 2. The number of pyridine rings is 2. The summed E-state index contributed by atoms with van der Waals surface area (Å²) in [7, 11) is 0. The average Bonchev–Trinajstić information content (AvgIpc) is 3.27. The maximum atomic E-state index is 7.47. The van der Waals surface area contributed by atoms with Gasteiger partial charge in [-0.1, -0.05) is 62.4 Å². The lowest BCUT2D eigenvalue weighted by Gasteiger charge is -2.41. The van der Waals surface area contributed by atoms with E-state index in [2.05, 4.69) is 93.8 Å². The SMILES string of the molecule is [C-]#[N+]c1ccc2c(c1)c1cnccc1n2-c1cccc(N2c3ccccc3C(C)(C)c3ccccc32)n1. The predicted molar refractivity (Wildman–Crippen MR) is 149 cm³/mol. The molecular weight excluding hydrogens is 454 g/mol. The molecule has 0 spiro atoms. The van der Waals surface area contributed by atoms with E-state index in [0.29, 0.717) is 5.69 Å². The average molecular weight is 478 g/mol. The molecule has 0 saturated heterocycles. The third-order valence-electron chi connectivity index (χ3n) is 7.49. The van der Waals surface area contributed by atoms with Crippen LogP contribution in [0.2, 0.25) is 0 Å². The fourth-order valence-corrected chi connectivity index (χ4v) is 5.75. The fraction of sp³-hybridized carbons (Fsp3) is 0.0938. The Kier molecular flexibility index (Phi) is 4.49. The molecule has 1 aliphatic heterocycles. The molecule has 0 N–H and O–H groups in total. The summed E-state index contributed by atoms with van der Waals surface area (Å²) < 4.78 is 2.16. The first kappa shape index (κ1) is 21.3. The fourth-order valence-electron chi connectivity index (χ4n) is 5.75. The molecule has 3 aromatic heterocycles. The lowest BCUT2D eigenvalue weighted by molar-refractivity contribution is 0.631. The molecule has 5 heteroatoms. The highest BCUT2D eigenvalue weighted by molar-refractivity contribution is 6.09. The molecule has 37 heavy (non-hydrogen) atoms. The van der Waals surface area contributed by atoms with Gasteiger partial charge in [0, 0.05) is 23.2 Å². The van der Waals surface area contributed by atoms with Crippen LogP contribution in [0.4, 0.5) is 22.9 Å². The van der Waals surface area contributed by atoms with E-state index in [0.717, 1.165) is 44.8 Å². The number of benzene rings is 3. The van der Waals surface area contributed by atoms with Crippen LogP contribution >= 0.6 is 0 Å². The van der Waals surface area contributed by atoms with Gasteiger partial charge in [0.05, 0.1) is 29.0 Å². The Morgan fingerprint density at radius 2 is 1.41 bits per heavy atom. The molecule has 4 heterocycles. The summed E-state index contributed by atoms with van der Waals surface area (Å²) in [4.78, 5) is 15.5. The zero-order valence-corrected chi connectivity index (χ0v) is 20.6. The van der Waals surface area contributed by atoms with Crippen molar-refractivity contribution in [3.63, 3.8) is 0 Å². The molecule has 176 valence electrons. The van der Waals surface area contributed by atoms with Crippen LogP contribution in [0.3, 0.4) is 0 Å². The van der Waals surface area contributed by atoms with Crippen molar-refractivity contribution in [2.45, 2.75) is 19.3 Å². The summed E-state index contributed by atoms with van der Waals surface area (Å²) in [5.41, 5.74) is 7.33. The molecule has 1 aliphatic rings. The van der Waals surface area contributed by atoms with Crippen LogP contribution in [-0.4, -0.2) is 14.5 Å². The van der Waals surface area contributed by atoms with Crippen molar-refractivity contribution in [3.8, 4) is 5.82 Å². The van der Waals surface area contributed by atoms with Crippen molar-refractivity contribution in [2.24, 2.45) is 0 Å². The maximum absolute atomic E-state index is 7.47. The lowest BCUT2D eigenvalue weighted by Crippen LogP contribution is -2.30. The van der Waals surface area contributed by atoms with Gasteiger partial charge in [0.2, 0.25) is 0 Å². The molecule has 0 bridgehead atoms. The van der Waals surface area contributed by atoms with Crippen LogP contribution in [0, 0.1) is 6.57 Å². The summed E-state index contributed by atoms with van der Waals surface area (Å²) in [5.74, 6) is 1.67. The van der Waals surface area contributed by atoms with Crippen LogP contribution in [0.1, 0.15) is 25.0 Å². The predicted octanol–water partition coefficient (Wildman–Crippen LogP) is 8.23. The van der Waals surface area contributed by atoms with Crippen molar-refractivity contribution >= 4 is 44.7 Å². The molecule has 0 radical (unpaired) electrons. The molecule has 0 fully saturated rings. The lowest BCUT2D eigenvalue weighted by atomic mass is 9.73. The minimum atomic E-state index is -0.123. The summed E-state index contributed by atoms with van der Waals surface area (Å²) in [6.45, 7) is 12.0. The highest BCUT2D eigenvalue weighted by Crippen LogP contribution is 2.51. The molecule has 3 aromatic carbocycles. The first-order valence-corrected chi connectivity index (χ1v) is 12.3. The third-order valence-corrected chi connectivity index (χ3v) is 7.49. The van der Waals surface area contributed by atoms with Gasteiger partial charge in [0.15, 0.2) is 5.69 Å². The Labute approximate surface area is 215 Å². The number of nitrogens with zero attached hydrogens (tertiary/aromatic N) is 5. The largest absolute Gasteiger partial charge is 0.294 e. The molecule has 6 aromatic rings. The molecule has 5 nitrogen and oxygen atoms in total. The third kappa shape index (κ3) is 3.03. The minimum Gasteiger partial charge on any atom is -0.294 e. The van der Waals surface area contributed by atoms with Gasteiger partial charge in [0.25, 0.3) is 0 Å². The van der Waals surface area contributed by atoms with E-state index in [9.17, 15) is 0 Å². The number of anilines is 3. The van der Waals surface area contributed by atoms with E-state index >= 15 is 0 Å². The topological polar surface area (TPSA) is 38.3 Å². The number of hydrogen-bond donors (Lipinski definition) is 0. The van der Waals surface area contributed by atoms with Crippen LogP contribution in [-0.2, 0) is 5.41 Å². The Balaban J connectivity index is 1.49. The highest BCUT2D eigenvalue weighted by atomic mass is 15.2. The first-order chi connectivity index (χ1) is 18.1. The first-order valence-electron chi connectivity index (χ1n) is 12.3. The van der Waals surface area contributed by atoms with Crippen LogP contribution < -0.4 is 4.90 Å². The van der Waals surface area contributed by atoms with Crippen LogP contribution in [0.5, 0.6) is 0 Å². The Morgan fingerprint density at radius 3 is 2.14 bits per heavy atom. The van der Waals surface area contributed by atoms with Crippen molar-refractivity contribution in [1.82, 2.24) is 14.5 Å². The van der Waals surface area contributed by atoms with Gasteiger partial charge in [-0.3, -0.25) is 14.5 Å². The standard InChI is InChI=1S/C32H23N5/c1-32(2)24-9-4-6-11-28(24)37(29-12-7-5-10-25(29)32)31-14-8-13-30(35-31)36-26-16-15-21(33-3)19-22(26)23-20-34-18-17-27(23)36/h4-20H,1-2H3. The van der Waals surface area contributed by atoms with E-state index < -0.39 is 0 Å².